The minimum absolute atomic E-state index is 0.0903. The zero-order chi connectivity index (χ0) is 12.1. The first kappa shape index (κ1) is 12.3. The molecule has 0 fully saturated rings. The fourth-order valence-electron chi connectivity index (χ4n) is 1.33. The molecule has 0 aliphatic rings. The number of aromatic hydroxyl groups is 1. The van der Waals surface area contributed by atoms with Gasteiger partial charge in [-0.2, -0.15) is 0 Å². The Labute approximate surface area is 92.4 Å². The van der Waals surface area contributed by atoms with Crippen LogP contribution in [0.25, 0.3) is 10.4 Å². The molecule has 86 valence electrons. The van der Waals surface area contributed by atoms with Crippen molar-refractivity contribution in [3.8, 4) is 5.75 Å². The van der Waals surface area contributed by atoms with Crippen LogP contribution in [0.3, 0.4) is 0 Å². The average Bonchev–Trinajstić information content (AvgIpc) is 2.25. The number of rotatable bonds is 4. The number of aliphatic hydroxyl groups is 2. The molecule has 1 aromatic carbocycles. The fourth-order valence-corrected chi connectivity index (χ4v) is 1.33. The lowest BCUT2D eigenvalue weighted by atomic mass is 10.0. The second-order valence-electron chi connectivity index (χ2n) is 3.49. The fraction of sp³-hybridized carbons (Fsp3) is 0.400. The Hall–Kier alpha value is -1.75. The molecule has 2 unspecified atom stereocenters. The first-order valence-corrected chi connectivity index (χ1v) is 4.72. The number of hydrogen-bond donors (Lipinski definition) is 3. The summed E-state index contributed by atoms with van der Waals surface area (Å²) >= 11 is 0. The van der Waals surface area contributed by atoms with Gasteiger partial charge in [0.1, 0.15) is 11.9 Å². The molecule has 0 heterocycles. The van der Waals surface area contributed by atoms with Gasteiger partial charge in [-0.15, -0.1) is 0 Å². The van der Waals surface area contributed by atoms with Gasteiger partial charge in [0.2, 0.25) is 0 Å². The van der Waals surface area contributed by atoms with Gasteiger partial charge in [0, 0.05) is 10.5 Å². The smallest absolute Gasteiger partial charge is 0.121 e. The molecule has 0 aliphatic carbocycles. The van der Waals surface area contributed by atoms with E-state index in [1.54, 1.807) is 13.0 Å². The Balaban J connectivity index is 2.86. The van der Waals surface area contributed by atoms with Gasteiger partial charge in [-0.25, -0.2) is 0 Å². The van der Waals surface area contributed by atoms with Crippen LogP contribution in [-0.2, 0) is 0 Å². The molecule has 1 rings (SSSR count). The van der Waals surface area contributed by atoms with E-state index in [4.69, 9.17) is 5.53 Å². The van der Waals surface area contributed by atoms with Crippen LogP contribution in [0.1, 0.15) is 17.2 Å². The van der Waals surface area contributed by atoms with E-state index in [1.165, 1.54) is 12.1 Å². The summed E-state index contributed by atoms with van der Waals surface area (Å²) in [4.78, 5) is 2.48. The van der Waals surface area contributed by atoms with Gasteiger partial charge in [0.05, 0.1) is 12.6 Å². The van der Waals surface area contributed by atoms with Gasteiger partial charge in [0.25, 0.3) is 0 Å². The van der Waals surface area contributed by atoms with Crippen molar-refractivity contribution in [2.24, 2.45) is 5.11 Å². The van der Waals surface area contributed by atoms with Crippen molar-refractivity contribution >= 4 is 0 Å². The molecule has 0 saturated carbocycles. The SMILES string of the molecule is Cc1ccc(C(O)C(O)CN=[N+]=[N-])c(O)c1. The predicted molar refractivity (Wildman–Crippen MR) is 57.8 cm³/mol. The summed E-state index contributed by atoms with van der Waals surface area (Å²) in [6.45, 7) is 1.55. The van der Waals surface area contributed by atoms with Gasteiger partial charge in [-0.1, -0.05) is 17.2 Å². The van der Waals surface area contributed by atoms with Gasteiger partial charge in [-0.05, 0) is 24.1 Å². The predicted octanol–water partition coefficient (Wildman–Crippen LogP) is 1.41. The van der Waals surface area contributed by atoms with Crippen LogP contribution in [0.15, 0.2) is 23.3 Å². The highest BCUT2D eigenvalue weighted by Crippen LogP contribution is 2.27. The number of nitrogens with zero attached hydrogens (tertiary/aromatic N) is 3. The van der Waals surface area contributed by atoms with Crippen LogP contribution in [0, 0.1) is 6.92 Å². The van der Waals surface area contributed by atoms with Crippen molar-refractivity contribution in [1.29, 1.82) is 0 Å². The lowest BCUT2D eigenvalue weighted by Crippen LogP contribution is -2.21. The van der Waals surface area contributed by atoms with Crippen LogP contribution in [-0.4, -0.2) is 28.0 Å². The van der Waals surface area contributed by atoms with E-state index >= 15 is 0 Å². The third-order valence-electron chi connectivity index (χ3n) is 2.20. The molecule has 0 amide bonds. The average molecular weight is 223 g/mol. The summed E-state index contributed by atoms with van der Waals surface area (Å²) in [5, 5.41) is 31.9. The highest BCUT2D eigenvalue weighted by atomic mass is 16.3. The van der Waals surface area contributed by atoms with E-state index < -0.39 is 12.2 Å². The summed E-state index contributed by atoms with van der Waals surface area (Å²) < 4.78 is 0. The molecule has 3 N–H and O–H groups in total. The topological polar surface area (TPSA) is 109 Å². The largest absolute Gasteiger partial charge is 0.508 e. The highest BCUT2D eigenvalue weighted by Gasteiger charge is 2.20. The lowest BCUT2D eigenvalue weighted by molar-refractivity contribution is 0.0230. The maximum Gasteiger partial charge on any atom is 0.121 e. The van der Waals surface area contributed by atoms with E-state index in [-0.39, 0.29) is 17.9 Å². The molecule has 2 atom stereocenters. The molecule has 0 radical (unpaired) electrons. The first-order valence-electron chi connectivity index (χ1n) is 4.72. The normalized spacial score (nSPS) is 13.9. The second-order valence-corrected chi connectivity index (χ2v) is 3.49. The number of aliphatic hydroxyl groups excluding tert-OH is 2. The zero-order valence-corrected chi connectivity index (χ0v) is 8.78. The molecule has 6 heteroatoms. The van der Waals surface area contributed by atoms with Crippen LogP contribution < -0.4 is 0 Å². The van der Waals surface area contributed by atoms with E-state index in [1.807, 2.05) is 0 Å². The number of azide groups is 1. The highest BCUT2D eigenvalue weighted by molar-refractivity contribution is 5.37. The third-order valence-corrected chi connectivity index (χ3v) is 2.20. The maximum atomic E-state index is 9.69. The Bertz CT molecular complexity index is 416. The van der Waals surface area contributed by atoms with E-state index in [0.717, 1.165) is 5.56 Å². The summed E-state index contributed by atoms with van der Waals surface area (Å²) in [7, 11) is 0. The number of benzene rings is 1. The zero-order valence-electron chi connectivity index (χ0n) is 8.78. The minimum atomic E-state index is -1.27. The first-order chi connectivity index (χ1) is 7.56. The third kappa shape index (κ3) is 2.87. The molecular weight excluding hydrogens is 210 g/mol. The van der Waals surface area contributed by atoms with Gasteiger partial charge in [0.15, 0.2) is 0 Å². The van der Waals surface area contributed by atoms with E-state index in [0.29, 0.717) is 0 Å². The van der Waals surface area contributed by atoms with E-state index in [9.17, 15) is 15.3 Å². The summed E-state index contributed by atoms with van der Waals surface area (Å²) in [6, 6.07) is 4.71. The second kappa shape index (κ2) is 5.37. The Kier molecular flexibility index (Phi) is 4.13. The quantitative estimate of drug-likeness (QED) is 0.407. The molecule has 0 saturated heterocycles. The number of phenolic OH excluding ortho intramolecular Hbond substituents is 1. The standard InChI is InChI=1S/C10H13N3O3/c1-6-2-3-7(8(14)4-6)10(16)9(15)5-12-13-11/h2-4,9-10,14-16H,5H2,1H3. The summed E-state index contributed by atoms with van der Waals surface area (Å²) in [5.41, 5.74) is 9.13. The number of hydrogen-bond acceptors (Lipinski definition) is 4. The molecule has 0 aliphatic heterocycles. The molecule has 16 heavy (non-hydrogen) atoms. The van der Waals surface area contributed by atoms with Crippen molar-refractivity contribution in [1.82, 2.24) is 0 Å². The Morgan fingerprint density at radius 1 is 1.44 bits per heavy atom. The van der Waals surface area contributed by atoms with E-state index in [2.05, 4.69) is 10.0 Å². The summed E-state index contributed by atoms with van der Waals surface area (Å²) in [5.74, 6) is -0.0903. The Morgan fingerprint density at radius 2 is 2.12 bits per heavy atom. The minimum Gasteiger partial charge on any atom is -0.508 e. The van der Waals surface area contributed by atoms with Crippen molar-refractivity contribution in [2.45, 2.75) is 19.1 Å². The maximum absolute atomic E-state index is 9.69. The molecule has 6 nitrogen and oxygen atoms in total. The van der Waals surface area contributed by atoms with Crippen LogP contribution in [0.4, 0.5) is 0 Å². The lowest BCUT2D eigenvalue weighted by Gasteiger charge is -2.17. The van der Waals surface area contributed by atoms with Gasteiger partial charge >= 0.3 is 0 Å². The van der Waals surface area contributed by atoms with Crippen molar-refractivity contribution in [3.05, 3.63) is 39.8 Å². The molecule has 1 aromatic rings. The molecule has 0 spiro atoms. The number of phenols is 1. The molecule has 0 aromatic heterocycles. The van der Waals surface area contributed by atoms with Gasteiger partial charge in [-0.3, -0.25) is 0 Å². The Morgan fingerprint density at radius 3 is 2.69 bits per heavy atom. The van der Waals surface area contributed by atoms with Gasteiger partial charge < -0.3 is 15.3 Å². The van der Waals surface area contributed by atoms with Crippen molar-refractivity contribution < 1.29 is 15.3 Å². The van der Waals surface area contributed by atoms with Crippen molar-refractivity contribution in [3.63, 3.8) is 0 Å². The summed E-state index contributed by atoms with van der Waals surface area (Å²) in [6.07, 6.45) is -2.50. The van der Waals surface area contributed by atoms with Crippen molar-refractivity contribution in [2.75, 3.05) is 6.54 Å². The van der Waals surface area contributed by atoms with Crippen LogP contribution in [0.5, 0.6) is 5.75 Å². The molecule has 0 bridgehead atoms. The van der Waals surface area contributed by atoms with Crippen LogP contribution >= 0.6 is 0 Å². The number of aryl methyl sites for hydroxylation is 1. The molecular formula is C10H13N3O3. The monoisotopic (exact) mass is 223 g/mol. The van der Waals surface area contributed by atoms with Crippen LogP contribution in [0.2, 0.25) is 0 Å².